The van der Waals surface area contributed by atoms with Crippen LogP contribution < -0.4 is 15.6 Å². The summed E-state index contributed by atoms with van der Waals surface area (Å²) >= 11 is 0. The number of ether oxygens (including phenoxy) is 1. The van der Waals surface area contributed by atoms with E-state index in [-0.39, 0.29) is 29.5 Å². The molecule has 0 aliphatic rings. The Morgan fingerprint density at radius 3 is 2.79 bits per heavy atom. The van der Waals surface area contributed by atoms with E-state index in [0.717, 1.165) is 16.8 Å². The minimum Gasteiger partial charge on any atom is -0.406 e. The third kappa shape index (κ3) is 5.18. The molecule has 3 aromatic rings. The minimum atomic E-state index is -4.83. The molecule has 9 nitrogen and oxygen atoms in total. The number of hydrogen-bond acceptors (Lipinski definition) is 7. The van der Waals surface area contributed by atoms with Gasteiger partial charge in [0.2, 0.25) is 11.7 Å². The summed E-state index contributed by atoms with van der Waals surface area (Å²) in [5, 5.41) is 10.3. The number of aromatic nitrogens is 4. The number of benzene rings is 1. The fourth-order valence-corrected chi connectivity index (χ4v) is 2.34. The van der Waals surface area contributed by atoms with Crippen molar-refractivity contribution >= 4 is 5.91 Å². The van der Waals surface area contributed by atoms with Crippen LogP contribution >= 0.6 is 0 Å². The Hall–Kier alpha value is -3.70. The molecule has 29 heavy (non-hydrogen) atoms. The Morgan fingerprint density at radius 2 is 2.07 bits per heavy atom. The Morgan fingerprint density at radius 1 is 1.28 bits per heavy atom. The summed E-state index contributed by atoms with van der Waals surface area (Å²) < 4.78 is 47.0. The molecular formula is C17H14F3N5O4. The third-order valence-corrected chi connectivity index (χ3v) is 3.50. The average Bonchev–Trinajstić information content (AvgIpc) is 3.13. The summed E-state index contributed by atoms with van der Waals surface area (Å²) in [6.07, 6.45) is -4.83. The van der Waals surface area contributed by atoms with Crippen molar-refractivity contribution in [1.29, 1.82) is 0 Å². The summed E-state index contributed by atoms with van der Waals surface area (Å²) in [5.41, 5.74) is -0.163. The van der Waals surface area contributed by atoms with Crippen LogP contribution in [0.2, 0.25) is 0 Å². The second-order valence-corrected chi connectivity index (χ2v) is 5.67. The summed E-state index contributed by atoms with van der Waals surface area (Å²) in [4.78, 5) is 27.6. The molecule has 1 N–H and O–H groups in total. The largest absolute Gasteiger partial charge is 0.573 e. The zero-order valence-corrected chi connectivity index (χ0v) is 14.9. The predicted molar refractivity (Wildman–Crippen MR) is 92.6 cm³/mol. The first-order valence-electron chi connectivity index (χ1n) is 8.30. The molecule has 0 fully saturated rings. The number of carbonyl (C=O) groups excluding carboxylic acids is 1. The van der Waals surface area contributed by atoms with Gasteiger partial charge in [0.15, 0.2) is 0 Å². The number of alkyl halides is 3. The molecule has 1 amide bonds. The maximum atomic E-state index is 12.4. The molecule has 0 radical (unpaired) electrons. The second kappa shape index (κ2) is 8.12. The van der Waals surface area contributed by atoms with E-state index in [4.69, 9.17) is 4.52 Å². The maximum Gasteiger partial charge on any atom is 0.573 e. The van der Waals surface area contributed by atoms with Gasteiger partial charge in [0.25, 0.3) is 11.4 Å². The zero-order valence-electron chi connectivity index (χ0n) is 14.9. The van der Waals surface area contributed by atoms with Crippen LogP contribution in [0.5, 0.6) is 5.75 Å². The minimum absolute atomic E-state index is 0.00380. The van der Waals surface area contributed by atoms with E-state index in [1.807, 2.05) is 0 Å². The second-order valence-electron chi connectivity index (χ2n) is 5.67. The van der Waals surface area contributed by atoms with Crippen LogP contribution in [-0.4, -0.2) is 38.7 Å². The molecule has 0 spiro atoms. The smallest absolute Gasteiger partial charge is 0.406 e. The molecule has 0 saturated heterocycles. The van der Waals surface area contributed by atoms with Crippen LogP contribution in [0.15, 0.2) is 45.7 Å². The molecule has 2 heterocycles. The Balaban J connectivity index is 1.86. The molecule has 12 heteroatoms. The Labute approximate surface area is 161 Å². The van der Waals surface area contributed by atoms with Crippen molar-refractivity contribution in [3.8, 4) is 28.7 Å². The Kier molecular flexibility index (Phi) is 5.61. The molecule has 152 valence electrons. The normalized spacial score (nSPS) is 11.3. The summed E-state index contributed by atoms with van der Waals surface area (Å²) in [7, 11) is 0. The maximum absolute atomic E-state index is 12.4. The van der Waals surface area contributed by atoms with Gasteiger partial charge in [-0.3, -0.25) is 9.59 Å². The molecular weight excluding hydrogens is 395 g/mol. The van der Waals surface area contributed by atoms with E-state index in [2.05, 4.69) is 25.3 Å². The van der Waals surface area contributed by atoms with Gasteiger partial charge in [-0.15, -0.1) is 13.2 Å². The van der Waals surface area contributed by atoms with E-state index >= 15 is 0 Å². The first-order valence-corrected chi connectivity index (χ1v) is 8.30. The number of hydrogen-bond donors (Lipinski definition) is 1. The Bertz CT molecular complexity index is 1080. The van der Waals surface area contributed by atoms with Crippen LogP contribution in [0, 0.1) is 0 Å². The fraction of sp³-hybridized carbons (Fsp3) is 0.235. The van der Waals surface area contributed by atoms with Crippen LogP contribution in [0.3, 0.4) is 0 Å². The molecule has 0 unspecified atom stereocenters. The highest BCUT2D eigenvalue weighted by Gasteiger charge is 2.31. The van der Waals surface area contributed by atoms with E-state index in [9.17, 15) is 22.8 Å². The molecule has 3 rings (SSSR count). The highest BCUT2D eigenvalue weighted by atomic mass is 19.4. The zero-order chi connectivity index (χ0) is 21.0. The number of nitrogens with one attached hydrogen (secondary N) is 1. The van der Waals surface area contributed by atoms with Crippen molar-refractivity contribution in [1.82, 2.24) is 25.2 Å². The number of halogens is 3. The van der Waals surface area contributed by atoms with Crippen molar-refractivity contribution in [3.63, 3.8) is 0 Å². The number of rotatable bonds is 6. The molecule has 0 saturated carbocycles. The molecule has 1 aromatic carbocycles. The summed E-state index contributed by atoms with van der Waals surface area (Å²) in [6.45, 7) is 1.84. The topological polar surface area (TPSA) is 112 Å². The molecule has 0 aliphatic heterocycles. The van der Waals surface area contributed by atoms with Gasteiger partial charge >= 0.3 is 6.36 Å². The van der Waals surface area contributed by atoms with E-state index < -0.39 is 23.6 Å². The van der Waals surface area contributed by atoms with Crippen molar-refractivity contribution in [3.05, 3.63) is 46.8 Å². The van der Waals surface area contributed by atoms with Crippen molar-refractivity contribution in [2.24, 2.45) is 0 Å². The van der Waals surface area contributed by atoms with E-state index in [1.54, 1.807) is 6.92 Å². The molecule has 0 aliphatic carbocycles. The van der Waals surface area contributed by atoms with Crippen LogP contribution in [0.4, 0.5) is 13.2 Å². The van der Waals surface area contributed by atoms with Gasteiger partial charge in [0, 0.05) is 18.2 Å². The molecule has 0 bridgehead atoms. The lowest BCUT2D eigenvalue weighted by molar-refractivity contribution is -0.274. The van der Waals surface area contributed by atoms with Crippen LogP contribution in [0.1, 0.15) is 6.92 Å². The lowest BCUT2D eigenvalue weighted by Gasteiger charge is -2.08. The van der Waals surface area contributed by atoms with Gasteiger partial charge in [0.05, 0.1) is 0 Å². The third-order valence-electron chi connectivity index (χ3n) is 3.50. The van der Waals surface area contributed by atoms with Gasteiger partial charge in [-0.2, -0.15) is 10.1 Å². The quantitative estimate of drug-likeness (QED) is 0.663. The summed E-state index contributed by atoms with van der Waals surface area (Å²) in [5.74, 6) is -0.912. The van der Waals surface area contributed by atoms with Gasteiger partial charge in [-0.05, 0) is 25.1 Å². The number of amides is 1. The first-order chi connectivity index (χ1) is 13.7. The van der Waals surface area contributed by atoms with Gasteiger partial charge in [-0.25, -0.2) is 4.68 Å². The monoisotopic (exact) mass is 409 g/mol. The van der Waals surface area contributed by atoms with Crippen molar-refractivity contribution in [2.45, 2.75) is 19.8 Å². The standard InChI is InChI=1S/C17H14F3N5O4/c1-2-21-13(26)9-25-14(27)7-6-12(23-25)16-22-15(24-29-16)10-4-3-5-11(8-10)28-17(18,19)20/h3-8H,2,9H2,1H3,(H,21,26). The first kappa shape index (κ1) is 20.0. The van der Waals surface area contributed by atoms with Gasteiger partial charge in [-0.1, -0.05) is 17.3 Å². The summed E-state index contributed by atoms with van der Waals surface area (Å²) in [6, 6.07) is 7.57. The highest BCUT2D eigenvalue weighted by molar-refractivity contribution is 5.75. The van der Waals surface area contributed by atoms with Crippen molar-refractivity contribution < 1.29 is 27.2 Å². The highest BCUT2D eigenvalue weighted by Crippen LogP contribution is 2.27. The number of carbonyl (C=O) groups is 1. The fourth-order valence-electron chi connectivity index (χ4n) is 2.34. The number of likely N-dealkylation sites (N-methyl/N-ethyl adjacent to an activating group) is 1. The van der Waals surface area contributed by atoms with Gasteiger partial charge < -0.3 is 14.6 Å². The predicted octanol–water partition coefficient (Wildman–Crippen LogP) is 2.00. The van der Waals surface area contributed by atoms with Crippen LogP contribution in [0.25, 0.3) is 23.0 Å². The van der Waals surface area contributed by atoms with Crippen LogP contribution in [-0.2, 0) is 11.3 Å². The lowest BCUT2D eigenvalue weighted by atomic mass is 10.2. The van der Waals surface area contributed by atoms with E-state index in [0.29, 0.717) is 6.54 Å². The molecule has 2 aromatic heterocycles. The lowest BCUT2D eigenvalue weighted by Crippen LogP contribution is -2.33. The van der Waals surface area contributed by atoms with Gasteiger partial charge in [0.1, 0.15) is 18.0 Å². The van der Waals surface area contributed by atoms with E-state index in [1.165, 1.54) is 24.3 Å². The average molecular weight is 409 g/mol. The SMILES string of the molecule is CCNC(=O)Cn1nc(-c2nc(-c3cccc(OC(F)(F)F)c3)no2)ccc1=O. The van der Waals surface area contributed by atoms with Crippen molar-refractivity contribution in [2.75, 3.05) is 6.54 Å². The molecule has 0 atom stereocenters. The number of nitrogens with zero attached hydrogens (tertiary/aromatic N) is 4.